The molecule has 7 heteroatoms. The molecule has 0 amide bonds. The van der Waals surface area contributed by atoms with Gasteiger partial charge in [0.25, 0.3) is 10.0 Å². The normalized spacial score (nSPS) is 16.4. The lowest BCUT2D eigenvalue weighted by Gasteiger charge is -2.19. The van der Waals surface area contributed by atoms with Gasteiger partial charge in [-0.2, -0.15) is 9.40 Å². The molecule has 0 atom stereocenters. The monoisotopic (exact) mass is 272 g/mol. The topological polar surface area (TPSA) is 78.1 Å². The molecule has 1 saturated carbocycles. The van der Waals surface area contributed by atoms with Crippen molar-refractivity contribution in [3.63, 3.8) is 0 Å². The summed E-state index contributed by atoms with van der Waals surface area (Å²) in [5.41, 5.74) is 0.687. The third-order valence-electron chi connectivity index (χ3n) is 3.15. The molecule has 2 N–H and O–H groups in total. The lowest BCUT2D eigenvalue weighted by atomic mass is 10.4. The summed E-state index contributed by atoms with van der Waals surface area (Å²) in [7, 11) is -1.66. The van der Waals surface area contributed by atoms with Gasteiger partial charge in [0.2, 0.25) is 0 Å². The summed E-state index contributed by atoms with van der Waals surface area (Å²) in [6, 6.07) is 0. The molecule has 1 aliphatic rings. The van der Waals surface area contributed by atoms with Gasteiger partial charge < -0.3 is 5.32 Å². The molecule has 0 aromatic carbocycles. The minimum Gasteiger partial charge on any atom is -0.316 e. The Morgan fingerprint density at radius 3 is 2.83 bits per heavy atom. The van der Waals surface area contributed by atoms with E-state index in [4.69, 9.17) is 0 Å². The van der Waals surface area contributed by atoms with E-state index in [0.29, 0.717) is 31.1 Å². The van der Waals surface area contributed by atoms with Gasteiger partial charge in [-0.05, 0) is 25.8 Å². The van der Waals surface area contributed by atoms with Crippen molar-refractivity contribution in [2.75, 3.05) is 20.1 Å². The first-order valence-electron chi connectivity index (χ1n) is 6.26. The molecule has 0 spiro atoms. The van der Waals surface area contributed by atoms with Crippen LogP contribution in [-0.2, 0) is 16.6 Å². The fraction of sp³-hybridized carbons (Fsp3) is 0.727. The van der Waals surface area contributed by atoms with Crippen LogP contribution in [0.5, 0.6) is 0 Å². The van der Waals surface area contributed by atoms with E-state index in [0.717, 1.165) is 12.8 Å². The summed E-state index contributed by atoms with van der Waals surface area (Å²) in [5.74, 6) is 0.537. The summed E-state index contributed by atoms with van der Waals surface area (Å²) in [5, 5.41) is 9.64. The van der Waals surface area contributed by atoms with Crippen LogP contribution in [0.1, 0.15) is 25.3 Å². The Balaban J connectivity index is 2.24. The largest absolute Gasteiger partial charge is 0.316 e. The first-order chi connectivity index (χ1) is 8.59. The van der Waals surface area contributed by atoms with Gasteiger partial charge in [-0.3, -0.25) is 5.10 Å². The Kier molecular flexibility index (Phi) is 4.04. The second-order valence-electron chi connectivity index (χ2n) is 4.65. The third-order valence-corrected chi connectivity index (χ3v) is 5.11. The highest BCUT2D eigenvalue weighted by Gasteiger charge is 2.32. The summed E-state index contributed by atoms with van der Waals surface area (Å²) < 4.78 is 26.6. The van der Waals surface area contributed by atoms with Crippen LogP contribution < -0.4 is 5.32 Å². The fourth-order valence-electron chi connectivity index (χ4n) is 1.95. The van der Waals surface area contributed by atoms with Crippen LogP contribution in [0.2, 0.25) is 0 Å². The van der Waals surface area contributed by atoms with Crippen LogP contribution in [0.3, 0.4) is 0 Å². The van der Waals surface area contributed by atoms with Crippen LogP contribution in [0.4, 0.5) is 0 Å². The molecule has 102 valence electrons. The van der Waals surface area contributed by atoms with Crippen LogP contribution in [0, 0.1) is 5.92 Å². The Labute approximate surface area is 108 Å². The molecule has 0 bridgehead atoms. The van der Waals surface area contributed by atoms with Gasteiger partial charge in [0.1, 0.15) is 0 Å². The van der Waals surface area contributed by atoms with Gasteiger partial charge in [-0.15, -0.1) is 0 Å². The molecule has 1 aliphatic carbocycles. The molecule has 0 saturated heterocycles. The molecule has 2 rings (SSSR count). The zero-order valence-electron chi connectivity index (χ0n) is 10.8. The van der Waals surface area contributed by atoms with Crippen molar-refractivity contribution < 1.29 is 8.42 Å². The van der Waals surface area contributed by atoms with Crippen molar-refractivity contribution >= 4 is 10.0 Å². The fourth-order valence-corrected chi connectivity index (χ4v) is 3.58. The predicted octanol–water partition coefficient (Wildman–Crippen LogP) is 0.550. The van der Waals surface area contributed by atoms with E-state index in [1.54, 1.807) is 13.2 Å². The Morgan fingerprint density at radius 2 is 2.28 bits per heavy atom. The van der Waals surface area contributed by atoms with Crippen LogP contribution in [0.15, 0.2) is 11.2 Å². The number of rotatable bonds is 7. The lowest BCUT2D eigenvalue weighted by molar-refractivity contribution is 0.409. The average Bonchev–Trinajstić information content (AvgIpc) is 3.03. The van der Waals surface area contributed by atoms with Crippen LogP contribution in [-0.4, -0.2) is 43.1 Å². The maximum atomic E-state index is 12.5. The van der Waals surface area contributed by atoms with Gasteiger partial charge in [0.05, 0.1) is 6.20 Å². The van der Waals surface area contributed by atoms with Crippen molar-refractivity contribution in [3.8, 4) is 0 Å². The van der Waals surface area contributed by atoms with Crippen molar-refractivity contribution in [3.05, 3.63) is 11.8 Å². The van der Waals surface area contributed by atoms with Crippen molar-refractivity contribution in [2.45, 2.75) is 31.3 Å². The van der Waals surface area contributed by atoms with E-state index in [2.05, 4.69) is 15.5 Å². The second kappa shape index (κ2) is 5.38. The maximum Gasteiger partial charge on any atom is 0.260 e. The Bertz CT molecular complexity index is 493. The third kappa shape index (κ3) is 2.73. The molecule has 6 nitrogen and oxygen atoms in total. The van der Waals surface area contributed by atoms with Crippen LogP contribution in [0.25, 0.3) is 0 Å². The number of hydrogen-bond donors (Lipinski definition) is 2. The Hall–Kier alpha value is -0.920. The van der Waals surface area contributed by atoms with E-state index in [-0.39, 0.29) is 5.03 Å². The van der Waals surface area contributed by atoms with Crippen molar-refractivity contribution in [1.29, 1.82) is 0 Å². The quantitative estimate of drug-likeness (QED) is 0.760. The highest BCUT2D eigenvalue weighted by atomic mass is 32.2. The lowest BCUT2D eigenvalue weighted by Crippen LogP contribution is -2.33. The summed E-state index contributed by atoms with van der Waals surface area (Å²) in [4.78, 5) is 0. The van der Waals surface area contributed by atoms with Gasteiger partial charge in [-0.1, -0.05) is 6.92 Å². The van der Waals surface area contributed by atoms with Crippen molar-refractivity contribution in [1.82, 2.24) is 19.8 Å². The van der Waals surface area contributed by atoms with E-state index in [1.165, 1.54) is 4.31 Å². The predicted molar refractivity (Wildman–Crippen MR) is 68.5 cm³/mol. The number of nitrogens with one attached hydrogen (secondary N) is 2. The molecule has 0 unspecified atom stereocenters. The van der Waals surface area contributed by atoms with Crippen molar-refractivity contribution in [2.24, 2.45) is 5.92 Å². The van der Waals surface area contributed by atoms with Gasteiger partial charge in [0.15, 0.2) is 5.03 Å². The summed E-state index contributed by atoms with van der Waals surface area (Å²) in [6.45, 7) is 3.48. The number of H-pyrrole nitrogens is 1. The second-order valence-corrected chi connectivity index (χ2v) is 6.53. The molecular formula is C11H20N4O2S. The molecule has 18 heavy (non-hydrogen) atoms. The molecule has 0 aliphatic heterocycles. The standard InChI is InChI=1S/C11H20N4O2S/c1-3-15(8-9-4-5-9)18(16,17)11-10(6-12-2)7-13-14-11/h7,9,12H,3-6,8H2,1-2H3,(H,13,14). The van der Waals surface area contributed by atoms with E-state index in [1.807, 2.05) is 6.92 Å². The van der Waals surface area contributed by atoms with Gasteiger partial charge >= 0.3 is 0 Å². The molecule has 1 aromatic heterocycles. The molecule has 1 aromatic rings. The summed E-state index contributed by atoms with van der Waals surface area (Å²) in [6.07, 6.45) is 3.84. The maximum absolute atomic E-state index is 12.5. The first kappa shape index (κ1) is 13.5. The Morgan fingerprint density at radius 1 is 1.56 bits per heavy atom. The number of hydrogen-bond acceptors (Lipinski definition) is 4. The molecule has 1 heterocycles. The average molecular weight is 272 g/mol. The zero-order valence-corrected chi connectivity index (χ0v) is 11.6. The minimum atomic E-state index is -3.44. The number of nitrogens with zero attached hydrogens (tertiary/aromatic N) is 2. The first-order valence-corrected chi connectivity index (χ1v) is 7.70. The number of aromatic nitrogens is 2. The van der Waals surface area contributed by atoms with Gasteiger partial charge in [-0.25, -0.2) is 8.42 Å². The molecule has 1 fully saturated rings. The number of sulfonamides is 1. The smallest absolute Gasteiger partial charge is 0.260 e. The summed E-state index contributed by atoms with van der Waals surface area (Å²) >= 11 is 0. The molecule has 0 radical (unpaired) electrons. The minimum absolute atomic E-state index is 0.222. The highest BCUT2D eigenvalue weighted by Crippen LogP contribution is 2.31. The molecular weight excluding hydrogens is 252 g/mol. The van der Waals surface area contributed by atoms with E-state index < -0.39 is 10.0 Å². The SMILES string of the molecule is CCN(CC1CC1)S(=O)(=O)c1[nH]ncc1CNC. The zero-order chi connectivity index (χ0) is 13.2. The number of aromatic amines is 1. The van der Waals surface area contributed by atoms with Crippen LogP contribution >= 0.6 is 0 Å². The van der Waals surface area contributed by atoms with E-state index in [9.17, 15) is 8.42 Å². The van der Waals surface area contributed by atoms with Gasteiger partial charge in [0, 0.05) is 25.2 Å². The highest BCUT2D eigenvalue weighted by molar-refractivity contribution is 7.89. The van der Waals surface area contributed by atoms with E-state index >= 15 is 0 Å².